The maximum absolute atomic E-state index is 14.6. The molecular weight excluding hydrogens is 488 g/mol. The van der Waals surface area contributed by atoms with Crippen LogP contribution in [0.25, 0.3) is 27.5 Å². The lowest BCUT2D eigenvalue weighted by Gasteiger charge is -2.32. The fourth-order valence-corrected chi connectivity index (χ4v) is 4.61. The summed E-state index contributed by atoms with van der Waals surface area (Å²) in [6.45, 7) is 0.0134. The number of nitriles is 1. The average Bonchev–Trinajstić information content (AvgIpc) is 3.47. The summed E-state index contributed by atoms with van der Waals surface area (Å²) in [7, 11) is 0. The van der Waals surface area contributed by atoms with Gasteiger partial charge >= 0.3 is 6.18 Å². The lowest BCUT2D eigenvalue weighted by Crippen LogP contribution is -2.43. The molecule has 188 valence electrons. The predicted octanol–water partition coefficient (Wildman–Crippen LogP) is 5.19. The smallest absolute Gasteiger partial charge is 0.390 e. The van der Waals surface area contributed by atoms with Gasteiger partial charge in [-0.05, 0) is 54.1 Å². The number of nitrogens with zero attached hydrogens (tertiary/aromatic N) is 4. The highest BCUT2D eigenvalue weighted by atomic mass is 19.4. The summed E-state index contributed by atoms with van der Waals surface area (Å²) < 4.78 is 60.3. The van der Waals surface area contributed by atoms with Gasteiger partial charge in [0.2, 0.25) is 5.60 Å². The molecule has 0 bridgehead atoms. The molecule has 6 nitrogen and oxygen atoms in total. The van der Waals surface area contributed by atoms with Crippen LogP contribution in [0.5, 0.6) is 0 Å². The van der Waals surface area contributed by atoms with Crippen molar-refractivity contribution in [3.05, 3.63) is 96.1 Å². The van der Waals surface area contributed by atoms with Gasteiger partial charge in [-0.25, -0.2) is 9.07 Å². The predicted molar refractivity (Wildman–Crippen MR) is 128 cm³/mol. The molecule has 0 aliphatic rings. The van der Waals surface area contributed by atoms with E-state index in [-0.39, 0.29) is 23.9 Å². The first-order chi connectivity index (χ1) is 17.6. The molecule has 5 rings (SSSR count). The van der Waals surface area contributed by atoms with E-state index in [0.29, 0.717) is 22.1 Å². The molecule has 2 atom stereocenters. The molecule has 2 unspecified atom stereocenters. The van der Waals surface area contributed by atoms with E-state index >= 15 is 0 Å². The highest BCUT2D eigenvalue weighted by Gasteiger charge is 2.57. The van der Waals surface area contributed by atoms with Crippen LogP contribution in [0.2, 0.25) is 0 Å². The number of aromatic nitrogens is 3. The van der Waals surface area contributed by atoms with Crippen molar-refractivity contribution in [3.63, 3.8) is 0 Å². The molecule has 2 aromatic heterocycles. The summed E-state index contributed by atoms with van der Waals surface area (Å²) >= 11 is 0. The number of halogens is 4. The lowest BCUT2D eigenvalue weighted by molar-refractivity contribution is -0.247. The molecule has 0 aliphatic carbocycles. The van der Waals surface area contributed by atoms with Gasteiger partial charge in [0.1, 0.15) is 5.82 Å². The molecule has 0 amide bonds. The number of benzene rings is 3. The van der Waals surface area contributed by atoms with Gasteiger partial charge in [-0.3, -0.25) is 0 Å². The Morgan fingerprint density at radius 3 is 2.46 bits per heavy atom. The molecule has 5 aromatic rings. The third-order valence-corrected chi connectivity index (χ3v) is 6.41. The van der Waals surface area contributed by atoms with Crippen LogP contribution >= 0.6 is 0 Å². The van der Waals surface area contributed by atoms with Gasteiger partial charge in [0, 0.05) is 34.6 Å². The third-order valence-electron chi connectivity index (χ3n) is 6.41. The fourth-order valence-electron chi connectivity index (χ4n) is 4.61. The van der Waals surface area contributed by atoms with Crippen molar-refractivity contribution in [1.29, 1.82) is 5.26 Å². The number of rotatable bonds is 6. The number of hydrogen-bond acceptors (Lipinski definition) is 4. The number of hydrogen-bond donors (Lipinski definition) is 2. The summed E-state index contributed by atoms with van der Waals surface area (Å²) in [6, 6.07) is 16.9. The molecule has 0 spiro atoms. The van der Waals surface area contributed by atoms with Crippen LogP contribution in [0.3, 0.4) is 0 Å². The Balaban J connectivity index is 1.63. The molecule has 0 fully saturated rings. The average molecular weight is 508 g/mol. The number of aliphatic hydroxyl groups excluding tert-OH is 1. The normalized spacial score (nSPS) is 14.5. The van der Waals surface area contributed by atoms with Gasteiger partial charge in [0.25, 0.3) is 0 Å². The highest BCUT2D eigenvalue weighted by molar-refractivity contribution is 5.86. The van der Waals surface area contributed by atoms with Crippen molar-refractivity contribution < 1.29 is 27.8 Å². The first kappa shape index (κ1) is 24.5. The monoisotopic (exact) mass is 508 g/mol. The Labute approximate surface area is 208 Å². The second-order valence-corrected chi connectivity index (χ2v) is 8.74. The summed E-state index contributed by atoms with van der Waals surface area (Å²) in [6.07, 6.45) is -3.30. The number of fused-ring (bicyclic) bond motifs is 2. The van der Waals surface area contributed by atoms with Crippen LogP contribution in [0.15, 0.2) is 79.1 Å². The Morgan fingerprint density at radius 1 is 1.00 bits per heavy atom. The zero-order valence-corrected chi connectivity index (χ0v) is 19.2. The van der Waals surface area contributed by atoms with Gasteiger partial charge in [0.15, 0.2) is 0 Å². The lowest BCUT2D eigenvalue weighted by atomic mass is 9.83. The molecule has 0 saturated heterocycles. The van der Waals surface area contributed by atoms with E-state index in [1.165, 1.54) is 77.7 Å². The van der Waals surface area contributed by atoms with Crippen molar-refractivity contribution in [2.45, 2.75) is 30.8 Å². The van der Waals surface area contributed by atoms with Crippen molar-refractivity contribution in [2.75, 3.05) is 0 Å². The fraction of sp³-hybridized carbons (Fsp3) is 0.185. The first-order valence-corrected chi connectivity index (χ1v) is 11.3. The minimum absolute atomic E-state index is 0.0134. The van der Waals surface area contributed by atoms with Gasteiger partial charge < -0.3 is 14.8 Å². The SMILES string of the molecule is N#CCC(O)Cn1ccc2c(C(O)(c3ccc4c(cnn4-c4ccc(F)cc4)c3)C(F)(F)F)cccc21. The molecule has 0 radical (unpaired) electrons. The van der Waals surface area contributed by atoms with E-state index in [1.807, 2.05) is 6.07 Å². The van der Waals surface area contributed by atoms with Crippen LogP contribution in [0.1, 0.15) is 17.5 Å². The van der Waals surface area contributed by atoms with E-state index in [0.717, 1.165) is 0 Å². The largest absolute Gasteiger partial charge is 0.425 e. The molecular formula is C27H20F4N4O2. The minimum atomic E-state index is -5.08. The van der Waals surface area contributed by atoms with Crippen molar-refractivity contribution in [3.8, 4) is 11.8 Å². The van der Waals surface area contributed by atoms with Crippen LogP contribution in [-0.4, -0.2) is 36.8 Å². The number of alkyl halides is 3. The first-order valence-electron chi connectivity index (χ1n) is 11.3. The van der Waals surface area contributed by atoms with Gasteiger partial charge in [-0.2, -0.15) is 23.5 Å². The number of aliphatic hydroxyl groups is 2. The van der Waals surface area contributed by atoms with Crippen LogP contribution in [0, 0.1) is 17.1 Å². The van der Waals surface area contributed by atoms with Gasteiger partial charge in [0.05, 0.1) is 36.0 Å². The zero-order valence-electron chi connectivity index (χ0n) is 19.2. The van der Waals surface area contributed by atoms with E-state index in [2.05, 4.69) is 5.10 Å². The van der Waals surface area contributed by atoms with Gasteiger partial charge in [-0.15, -0.1) is 0 Å². The molecule has 10 heteroatoms. The van der Waals surface area contributed by atoms with Crippen molar-refractivity contribution in [2.24, 2.45) is 0 Å². The summed E-state index contributed by atoms with van der Waals surface area (Å²) in [5.74, 6) is -0.430. The van der Waals surface area contributed by atoms with Crippen LogP contribution in [-0.2, 0) is 12.1 Å². The third kappa shape index (κ3) is 4.12. The maximum Gasteiger partial charge on any atom is 0.425 e. The van der Waals surface area contributed by atoms with Crippen LogP contribution in [0.4, 0.5) is 17.6 Å². The van der Waals surface area contributed by atoms with Gasteiger partial charge in [-0.1, -0.05) is 18.2 Å². The standard InChI is InChI=1S/C27H20F4N4O2/c28-19-5-7-20(8-6-19)35-24-9-4-18(14-17(24)15-33-35)26(37,27(29,30)31)23-2-1-3-25-22(23)11-13-34(25)16-21(36)10-12-32/h1-9,11,13-15,21,36-37H,10,16H2. The Bertz CT molecular complexity index is 1630. The highest BCUT2D eigenvalue weighted by Crippen LogP contribution is 2.47. The molecule has 2 N–H and O–H groups in total. The van der Waals surface area contributed by atoms with Crippen LogP contribution < -0.4 is 0 Å². The Morgan fingerprint density at radius 2 is 1.76 bits per heavy atom. The topological polar surface area (TPSA) is 87.0 Å². The van der Waals surface area contributed by atoms with Crippen molar-refractivity contribution in [1.82, 2.24) is 14.3 Å². The molecule has 3 aromatic carbocycles. The zero-order chi connectivity index (χ0) is 26.4. The quantitative estimate of drug-likeness (QED) is 0.309. The van der Waals surface area contributed by atoms with E-state index in [9.17, 15) is 27.8 Å². The summed E-state index contributed by atoms with van der Waals surface area (Å²) in [5.41, 5.74) is -2.72. The van der Waals surface area contributed by atoms with E-state index in [1.54, 1.807) is 10.6 Å². The molecule has 0 saturated carbocycles. The van der Waals surface area contributed by atoms with E-state index in [4.69, 9.17) is 5.26 Å². The second-order valence-electron chi connectivity index (χ2n) is 8.74. The molecule has 0 aliphatic heterocycles. The maximum atomic E-state index is 14.6. The Hall–Kier alpha value is -4.20. The molecule has 2 heterocycles. The minimum Gasteiger partial charge on any atom is -0.390 e. The Kier molecular flexibility index (Phi) is 5.98. The molecule has 37 heavy (non-hydrogen) atoms. The summed E-state index contributed by atoms with van der Waals surface area (Å²) in [5, 5.41) is 34.9. The summed E-state index contributed by atoms with van der Waals surface area (Å²) in [4.78, 5) is 0. The second kappa shape index (κ2) is 9.03. The van der Waals surface area contributed by atoms with E-state index < -0.39 is 29.3 Å². The van der Waals surface area contributed by atoms with Crippen molar-refractivity contribution >= 4 is 21.8 Å².